The van der Waals surface area contributed by atoms with Gasteiger partial charge in [-0.05, 0) is 49.2 Å². The van der Waals surface area contributed by atoms with Crippen molar-refractivity contribution in [1.29, 1.82) is 0 Å². The molecule has 2 heteroatoms. The Bertz CT molecular complexity index is 588. The Morgan fingerprint density at radius 1 is 1.10 bits per heavy atom. The van der Waals surface area contributed by atoms with Crippen LogP contribution in [0, 0.1) is 6.92 Å². The minimum absolute atomic E-state index is 0.226. The first-order chi connectivity index (χ1) is 9.29. The topological polar surface area (TPSA) is 3.24 Å². The highest BCUT2D eigenvalue weighted by Gasteiger charge is 2.19. The molecule has 0 atom stereocenters. The van der Waals surface area contributed by atoms with E-state index < -0.39 is 0 Å². The number of rotatable bonds is 3. The van der Waals surface area contributed by atoms with Gasteiger partial charge in [-0.2, -0.15) is 0 Å². The summed E-state index contributed by atoms with van der Waals surface area (Å²) in [6.45, 7) is 10.1. The molecule has 2 aromatic rings. The second-order valence-electron chi connectivity index (χ2n) is 6.77. The Balaban J connectivity index is 2.49. The van der Waals surface area contributed by atoms with Gasteiger partial charge in [-0.3, -0.25) is 0 Å². The second-order valence-corrected chi connectivity index (χ2v) is 7.82. The number of thiophene rings is 1. The third-order valence-corrected chi connectivity index (χ3v) is 5.10. The smallest absolute Gasteiger partial charge is 0.0378 e. The van der Waals surface area contributed by atoms with Crippen LogP contribution >= 0.6 is 11.3 Å². The Morgan fingerprint density at radius 3 is 2.30 bits per heavy atom. The molecule has 0 bridgehead atoms. The van der Waals surface area contributed by atoms with Gasteiger partial charge in [-0.25, -0.2) is 0 Å². The summed E-state index contributed by atoms with van der Waals surface area (Å²) < 4.78 is 0. The quantitative estimate of drug-likeness (QED) is 0.760. The van der Waals surface area contributed by atoms with E-state index in [-0.39, 0.29) is 5.41 Å². The molecule has 0 aliphatic heterocycles. The van der Waals surface area contributed by atoms with Crippen LogP contribution in [0.15, 0.2) is 30.3 Å². The predicted octanol–water partition coefficient (Wildman–Crippen LogP) is 5.08. The van der Waals surface area contributed by atoms with Crippen LogP contribution in [0.2, 0.25) is 0 Å². The fourth-order valence-electron chi connectivity index (χ4n) is 2.34. The van der Waals surface area contributed by atoms with Gasteiger partial charge in [0.15, 0.2) is 0 Å². The Labute approximate surface area is 127 Å². The maximum Gasteiger partial charge on any atom is 0.0378 e. The largest absolute Gasteiger partial charge is 0.305 e. The number of aryl methyl sites for hydroxylation is 1. The van der Waals surface area contributed by atoms with Crippen LogP contribution in [0.25, 0.3) is 10.4 Å². The van der Waals surface area contributed by atoms with Crippen LogP contribution in [0.3, 0.4) is 0 Å². The molecule has 0 spiro atoms. The Hall–Kier alpha value is -1.12. The molecule has 20 heavy (non-hydrogen) atoms. The molecule has 1 aromatic heterocycles. The van der Waals surface area contributed by atoms with Gasteiger partial charge in [0, 0.05) is 16.3 Å². The third kappa shape index (κ3) is 3.31. The Morgan fingerprint density at radius 2 is 1.75 bits per heavy atom. The molecule has 0 aliphatic carbocycles. The van der Waals surface area contributed by atoms with Crippen LogP contribution in [-0.2, 0) is 12.0 Å². The fraction of sp³-hybridized carbons (Fsp3) is 0.444. The molecule has 0 aliphatic rings. The van der Waals surface area contributed by atoms with E-state index in [4.69, 9.17) is 0 Å². The van der Waals surface area contributed by atoms with Gasteiger partial charge in [-0.15, -0.1) is 11.3 Å². The van der Waals surface area contributed by atoms with Crippen LogP contribution < -0.4 is 0 Å². The van der Waals surface area contributed by atoms with Crippen molar-refractivity contribution in [1.82, 2.24) is 4.90 Å². The summed E-state index contributed by atoms with van der Waals surface area (Å²) >= 11 is 1.94. The molecule has 0 amide bonds. The standard InChI is InChI=1S/C18H25NS/c1-13-11-16(18(2,3)4)20-17(13)15-10-8-7-9-14(15)12-19(5)6/h7-11H,12H2,1-6H3. The van der Waals surface area contributed by atoms with Crippen molar-refractivity contribution >= 4 is 11.3 Å². The van der Waals surface area contributed by atoms with Gasteiger partial charge >= 0.3 is 0 Å². The van der Waals surface area contributed by atoms with E-state index >= 15 is 0 Å². The molecule has 0 N–H and O–H groups in total. The minimum Gasteiger partial charge on any atom is -0.305 e. The van der Waals surface area contributed by atoms with E-state index in [0.717, 1.165) is 6.54 Å². The molecule has 0 saturated heterocycles. The third-order valence-electron chi connectivity index (χ3n) is 3.41. The van der Waals surface area contributed by atoms with E-state index in [9.17, 15) is 0 Å². The summed E-state index contributed by atoms with van der Waals surface area (Å²) in [4.78, 5) is 5.11. The van der Waals surface area contributed by atoms with Crippen molar-refractivity contribution in [3.63, 3.8) is 0 Å². The number of benzene rings is 1. The average Bonchev–Trinajstić information content (AvgIpc) is 2.71. The lowest BCUT2D eigenvalue weighted by atomic mass is 9.94. The molecule has 1 nitrogen and oxygen atoms in total. The lowest BCUT2D eigenvalue weighted by Crippen LogP contribution is -2.11. The van der Waals surface area contributed by atoms with Gasteiger partial charge in [0.25, 0.3) is 0 Å². The highest BCUT2D eigenvalue weighted by molar-refractivity contribution is 7.15. The zero-order valence-corrected chi connectivity index (χ0v) is 14.3. The van der Waals surface area contributed by atoms with Gasteiger partial charge in [0.05, 0.1) is 0 Å². The molecule has 1 heterocycles. The molecular weight excluding hydrogens is 262 g/mol. The van der Waals surface area contributed by atoms with Crippen molar-refractivity contribution < 1.29 is 0 Å². The second kappa shape index (κ2) is 5.71. The lowest BCUT2D eigenvalue weighted by molar-refractivity contribution is 0.403. The van der Waals surface area contributed by atoms with Crippen molar-refractivity contribution in [3.8, 4) is 10.4 Å². The number of nitrogens with zero attached hydrogens (tertiary/aromatic N) is 1. The maximum atomic E-state index is 2.35. The summed E-state index contributed by atoms with van der Waals surface area (Å²) in [6, 6.07) is 11.1. The Kier molecular flexibility index (Phi) is 4.36. The number of hydrogen-bond acceptors (Lipinski definition) is 2. The summed E-state index contributed by atoms with van der Waals surface area (Å²) in [5, 5.41) is 0. The summed E-state index contributed by atoms with van der Waals surface area (Å²) in [6.07, 6.45) is 0. The highest BCUT2D eigenvalue weighted by atomic mass is 32.1. The molecule has 108 valence electrons. The summed E-state index contributed by atoms with van der Waals surface area (Å²) in [5.74, 6) is 0. The summed E-state index contributed by atoms with van der Waals surface area (Å²) in [7, 11) is 4.25. The van der Waals surface area contributed by atoms with Crippen LogP contribution in [-0.4, -0.2) is 19.0 Å². The van der Waals surface area contributed by atoms with Crippen LogP contribution in [0.1, 0.15) is 36.8 Å². The van der Waals surface area contributed by atoms with Gasteiger partial charge in [0.2, 0.25) is 0 Å². The van der Waals surface area contributed by atoms with Crippen molar-refractivity contribution in [3.05, 3.63) is 46.3 Å². The SMILES string of the molecule is Cc1cc(C(C)(C)C)sc1-c1ccccc1CN(C)C. The average molecular weight is 287 g/mol. The van der Waals surface area contributed by atoms with E-state index in [0.29, 0.717) is 0 Å². The van der Waals surface area contributed by atoms with Crippen molar-refractivity contribution in [2.75, 3.05) is 14.1 Å². The first kappa shape index (κ1) is 15.3. The van der Waals surface area contributed by atoms with E-state index in [1.807, 2.05) is 11.3 Å². The van der Waals surface area contributed by atoms with Gasteiger partial charge in [0.1, 0.15) is 0 Å². The molecule has 1 aromatic carbocycles. The van der Waals surface area contributed by atoms with E-state index in [2.05, 4.69) is 77.0 Å². The van der Waals surface area contributed by atoms with Gasteiger partial charge < -0.3 is 4.90 Å². The monoisotopic (exact) mass is 287 g/mol. The van der Waals surface area contributed by atoms with E-state index in [1.54, 1.807) is 0 Å². The van der Waals surface area contributed by atoms with Crippen LogP contribution in [0.5, 0.6) is 0 Å². The molecule has 0 radical (unpaired) electrons. The fourth-order valence-corrected chi connectivity index (χ4v) is 3.63. The maximum absolute atomic E-state index is 2.35. The molecule has 0 unspecified atom stereocenters. The van der Waals surface area contributed by atoms with E-state index in [1.165, 1.54) is 26.4 Å². The zero-order chi connectivity index (χ0) is 14.9. The van der Waals surface area contributed by atoms with Crippen LogP contribution in [0.4, 0.5) is 0 Å². The molecule has 0 fully saturated rings. The summed E-state index contributed by atoms with van der Waals surface area (Å²) in [5.41, 5.74) is 4.41. The number of hydrogen-bond donors (Lipinski definition) is 0. The van der Waals surface area contributed by atoms with Crippen molar-refractivity contribution in [2.45, 2.75) is 39.7 Å². The first-order valence-corrected chi connectivity index (χ1v) is 7.94. The highest BCUT2D eigenvalue weighted by Crippen LogP contribution is 2.39. The van der Waals surface area contributed by atoms with Gasteiger partial charge in [-0.1, -0.05) is 45.0 Å². The normalized spacial score (nSPS) is 12.2. The zero-order valence-electron chi connectivity index (χ0n) is 13.4. The lowest BCUT2D eigenvalue weighted by Gasteiger charge is -2.16. The predicted molar refractivity (Wildman–Crippen MR) is 90.6 cm³/mol. The molecule has 2 rings (SSSR count). The molecular formula is C18H25NS. The first-order valence-electron chi connectivity index (χ1n) is 7.13. The van der Waals surface area contributed by atoms with Crippen molar-refractivity contribution in [2.24, 2.45) is 0 Å². The molecule has 0 saturated carbocycles. The minimum atomic E-state index is 0.226.